The summed E-state index contributed by atoms with van der Waals surface area (Å²) in [4.78, 5) is 0. The number of ether oxygens (including phenoxy) is 2. The Morgan fingerprint density at radius 1 is 1.24 bits per heavy atom. The third kappa shape index (κ3) is 4.05. The van der Waals surface area contributed by atoms with Gasteiger partial charge in [-0.1, -0.05) is 13.3 Å². The Morgan fingerprint density at radius 2 is 1.71 bits per heavy atom. The second-order valence-corrected chi connectivity index (χ2v) is 4.43. The highest BCUT2D eigenvalue weighted by Crippen LogP contribution is 2.37. The molecule has 1 rings (SSSR count). The van der Waals surface area contributed by atoms with Gasteiger partial charge in [0.05, 0.1) is 14.2 Å². The van der Waals surface area contributed by atoms with Gasteiger partial charge < -0.3 is 15.2 Å². The molecule has 0 saturated heterocycles. The highest BCUT2D eigenvalue weighted by Gasteiger charge is 2.13. The van der Waals surface area contributed by atoms with Crippen molar-refractivity contribution in [3.05, 3.63) is 22.2 Å². The fourth-order valence-corrected chi connectivity index (χ4v) is 2.13. The first kappa shape index (κ1) is 16.6. The van der Waals surface area contributed by atoms with E-state index in [9.17, 15) is 0 Å². The molecule has 98 valence electrons. The maximum Gasteiger partial charge on any atom is 0.137 e. The van der Waals surface area contributed by atoms with Crippen LogP contribution in [0.2, 0.25) is 0 Å². The molecular formula is C12H19BrClNO2. The SMILES string of the molecule is CCC[C@H](N)c1cc(OC)c(Br)c(OC)c1.Cl. The van der Waals surface area contributed by atoms with E-state index in [-0.39, 0.29) is 18.4 Å². The molecule has 0 heterocycles. The van der Waals surface area contributed by atoms with E-state index in [1.807, 2.05) is 12.1 Å². The zero-order chi connectivity index (χ0) is 12.1. The van der Waals surface area contributed by atoms with Gasteiger partial charge in [0.1, 0.15) is 16.0 Å². The number of rotatable bonds is 5. The summed E-state index contributed by atoms with van der Waals surface area (Å²) < 4.78 is 11.4. The minimum absolute atomic E-state index is 0. The quantitative estimate of drug-likeness (QED) is 0.898. The maximum absolute atomic E-state index is 6.08. The van der Waals surface area contributed by atoms with Gasteiger partial charge in [0.25, 0.3) is 0 Å². The summed E-state index contributed by atoms with van der Waals surface area (Å²) in [5.41, 5.74) is 7.12. The number of benzene rings is 1. The van der Waals surface area contributed by atoms with Gasteiger partial charge in [0.2, 0.25) is 0 Å². The van der Waals surface area contributed by atoms with E-state index in [2.05, 4.69) is 22.9 Å². The molecule has 0 aliphatic carbocycles. The van der Waals surface area contributed by atoms with Crippen molar-refractivity contribution in [3.8, 4) is 11.5 Å². The maximum atomic E-state index is 6.08. The average molecular weight is 325 g/mol. The molecular weight excluding hydrogens is 305 g/mol. The third-order valence-electron chi connectivity index (χ3n) is 2.50. The molecule has 3 nitrogen and oxygen atoms in total. The zero-order valence-corrected chi connectivity index (χ0v) is 12.7. The van der Waals surface area contributed by atoms with E-state index in [1.165, 1.54) is 0 Å². The van der Waals surface area contributed by atoms with Gasteiger partial charge in [-0.2, -0.15) is 0 Å². The normalized spacial score (nSPS) is 11.6. The number of methoxy groups -OCH3 is 2. The molecule has 0 fully saturated rings. The van der Waals surface area contributed by atoms with Crippen molar-refractivity contribution in [2.45, 2.75) is 25.8 Å². The molecule has 0 radical (unpaired) electrons. The van der Waals surface area contributed by atoms with Crippen LogP contribution in [-0.4, -0.2) is 14.2 Å². The zero-order valence-electron chi connectivity index (χ0n) is 10.3. The summed E-state index contributed by atoms with van der Waals surface area (Å²) in [6, 6.07) is 3.93. The van der Waals surface area contributed by atoms with Crippen molar-refractivity contribution >= 4 is 28.3 Å². The molecule has 1 aromatic rings. The number of nitrogens with two attached hydrogens (primary N) is 1. The highest BCUT2D eigenvalue weighted by molar-refractivity contribution is 9.10. The summed E-state index contributed by atoms with van der Waals surface area (Å²) in [7, 11) is 3.27. The fourth-order valence-electron chi connectivity index (χ4n) is 1.58. The van der Waals surface area contributed by atoms with Crippen molar-refractivity contribution in [2.24, 2.45) is 5.73 Å². The van der Waals surface area contributed by atoms with Crippen molar-refractivity contribution in [3.63, 3.8) is 0 Å². The van der Waals surface area contributed by atoms with Gasteiger partial charge in [0, 0.05) is 6.04 Å². The standard InChI is InChI=1S/C12H18BrNO2.ClH/c1-4-5-9(14)8-6-10(15-2)12(13)11(7-8)16-3;/h6-7,9H,4-5,14H2,1-3H3;1H/t9-;/m0./s1. The van der Waals surface area contributed by atoms with E-state index in [0.717, 1.165) is 34.4 Å². The van der Waals surface area contributed by atoms with E-state index < -0.39 is 0 Å². The van der Waals surface area contributed by atoms with Crippen LogP contribution in [0.4, 0.5) is 0 Å². The van der Waals surface area contributed by atoms with Gasteiger partial charge in [-0.25, -0.2) is 0 Å². The minimum atomic E-state index is 0. The molecule has 0 bridgehead atoms. The van der Waals surface area contributed by atoms with Gasteiger partial charge in [-0.15, -0.1) is 12.4 Å². The van der Waals surface area contributed by atoms with Crippen LogP contribution < -0.4 is 15.2 Å². The summed E-state index contributed by atoms with van der Waals surface area (Å²) in [5, 5.41) is 0. The second kappa shape index (κ2) is 7.80. The molecule has 2 N–H and O–H groups in total. The molecule has 1 atom stereocenters. The Morgan fingerprint density at radius 3 is 2.06 bits per heavy atom. The topological polar surface area (TPSA) is 44.5 Å². The molecule has 5 heteroatoms. The minimum Gasteiger partial charge on any atom is -0.495 e. The molecule has 17 heavy (non-hydrogen) atoms. The molecule has 0 unspecified atom stereocenters. The first-order chi connectivity index (χ1) is 7.63. The predicted molar refractivity (Wildman–Crippen MR) is 76.3 cm³/mol. The third-order valence-corrected chi connectivity index (χ3v) is 3.28. The van der Waals surface area contributed by atoms with Crippen LogP contribution in [0.25, 0.3) is 0 Å². The Bertz CT molecular complexity index is 335. The monoisotopic (exact) mass is 323 g/mol. The Kier molecular flexibility index (Phi) is 7.59. The summed E-state index contributed by atoms with van der Waals surface area (Å²) in [5.74, 6) is 1.50. The van der Waals surface area contributed by atoms with Gasteiger partial charge in [-0.3, -0.25) is 0 Å². The number of hydrogen-bond donors (Lipinski definition) is 1. The highest BCUT2D eigenvalue weighted by atomic mass is 79.9. The Labute approximate surface area is 117 Å². The molecule has 0 spiro atoms. The average Bonchev–Trinajstić information content (AvgIpc) is 2.29. The summed E-state index contributed by atoms with van der Waals surface area (Å²) in [6.07, 6.45) is 2.01. The van der Waals surface area contributed by atoms with Gasteiger partial charge >= 0.3 is 0 Å². The van der Waals surface area contributed by atoms with E-state index >= 15 is 0 Å². The molecule has 0 aliphatic heterocycles. The Hall–Kier alpha value is -0.450. The Balaban J connectivity index is 0.00000256. The number of halogens is 2. The first-order valence-corrected chi connectivity index (χ1v) is 6.10. The van der Waals surface area contributed by atoms with Crippen molar-refractivity contribution in [1.29, 1.82) is 0 Å². The molecule has 1 aromatic carbocycles. The van der Waals surface area contributed by atoms with Crippen LogP contribution in [0.5, 0.6) is 11.5 Å². The lowest BCUT2D eigenvalue weighted by atomic mass is 10.0. The van der Waals surface area contributed by atoms with Crippen LogP contribution in [0.3, 0.4) is 0 Å². The lowest BCUT2D eigenvalue weighted by Gasteiger charge is -2.15. The van der Waals surface area contributed by atoms with E-state index in [0.29, 0.717) is 0 Å². The number of hydrogen-bond acceptors (Lipinski definition) is 3. The molecule has 0 saturated carbocycles. The second-order valence-electron chi connectivity index (χ2n) is 3.63. The molecule has 0 aromatic heterocycles. The molecule has 0 aliphatic rings. The lowest BCUT2D eigenvalue weighted by Crippen LogP contribution is -2.10. The van der Waals surface area contributed by atoms with Crippen molar-refractivity contribution in [1.82, 2.24) is 0 Å². The van der Waals surface area contributed by atoms with Crippen molar-refractivity contribution in [2.75, 3.05) is 14.2 Å². The van der Waals surface area contributed by atoms with Crippen LogP contribution in [0, 0.1) is 0 Å². The van der Waals surface area contributed by atoms with E-state index in [1.54, 1.807) is 14.2 Å². The summed E-state index contributed by atoms with van der Waals surface area (Å²) in [6.45, 7) is 2.12. The van der Waals surface area contributed by atoms with Crippen LogP contribution >= 0.6 is 28.3 Å². The van der Waals surface area contributed by atoms with Gasteiger partial charge in [-0.05, 0) is 40.0 Å². The smallest absolute Gasteiger partial charge is 0.137 e. The fraction of sp³-hybridized carbons (Fsp3) is 0.500. The van der Waals surface area contributed by atoms with Crippen molar-refractivity contribution < 1.29 is 9.47 Å². The van der Waals surface area contributed by atoms with Crippen LogP contribution in [0.1, 0.15) is 31.4 Å². The van der Waals surface area contributed by atoms with Crippen LogP contribution in [-0.2, 0) is 0 Å². The van der Waals surface area contributed by atoms with Gasteiger partial charge in [0.15, 0.2) is 0 Å². The summed E-state index contributed by atoms with van der Waals surface area (Å²) >= 11 is 3.43. The predicted octanol–water partition coefficient (Wildman–Crippen LogP) is 3.69. The lowest BCUT2D eigenvalue weighted by molar-refractivity contribution is 0.387. The largest absolute Gasteiger partial charge is 0.495 e. The van der Waals surface area contributed by atoms with Crippen LogP contribution in [0.15, 0.2) is 16.6 Å². The van der Waals surface area contributed by atoms with E-state index in [4.69, 9.17) is 15.2 Å². The molecule has 0 amide bonds. The first-order valence-electron chi connectivity index (χ1n) is 5.31.